The molecular formula is C15H29O6P. The van der Waals surface area contributed by atoms with E-state index in [1.807, 2.05) is 27.7 Å². The molecule has 22 heavy (non-hydrogen) atoms. The first-order valence-corrected chi connectivity index (χ1v) is 9.84. The monoisotopic (exact) mass is 336 g/mol. The maximum atomic E-state index is 12.8. The lowest BCUT2D eigenvalue weighted by atomic mass is 10.3. The van der Waals surface area contributed by atoms with Crippen molar-refractivity contribution in [3.05, 3.63) is 0 Å². The van der Waals surface area contributed by atoms with Crippen LogP contribution in [0.2, 0.25) is 0 Å². The highest BCUT2D eigenvalue weighted by Gasteiger charge is 2.29. The fourth-order valence-electron chi connectivity index (χ4n) is 1.67. The summed E-state index contributed by atoms with van der Waals surface area (Å²) in [7, 11) is -3.18. The first-order chi connectivity index (χ1) is 10.4. The van der Waals surface area contributed by atoms with Crippen LogP contribution in [0.5, 0.6) is 0 Å². The van der Waals surface area contributed by atoms with E-state index in [4.69, 9.17) is 18.5 Å². The number of esters is 1. The number of carbonyl (C=O) groups is 1. The van der Waals surface area contributed by atoms with Crippen molar-refractivity contribution < 1.29 is 27.9 Å². The molecule has 0 aliphatic carbocycles. The molecule has 0 amide bonds. The Kier molecular flexibility index (Phi) is 8.62. The second-order valence-corrected chi connectivity index (χ2v) is 7.82. The zero-order valence-corrected chi connectivity index (χ0v) is 15.0. The van der Waals surface area contributed by atoms with Crippen LogP contribution in [-0.4, -0.2) is 43.7 Å². The molecular weight excluding hydrogens is 307 g/mol. The average molecular weight is 336 g/mol. The van der Waals surface area contributed by atoms with E-state index in [1.165, 1.54) is 0 Å². The van der Waals surface area contributed by atoms with Crippen LogP contribution in [0.1, 0.15) is 53.4 Å². The summed E-state index contributed by atoms with van der Waals surface area (Å²) in [6, 6.07) is 0. The Morgan fingerprint density at radius 1 is 1.23 bits per heavy atom. The summed E-state index contributed by atoms with van der Waals surface area (Å²) >= 11 is 0. The molecule has 1 rings (SSSR count). The molecule has 1 heterocycles. The largest absolute Gasteiger partial charge is 0.463 e. The standard InChI is InChI=1S/C15H29O6P/c1-5-12(3)20-22(17,21-13(4)6-2)9-7-8-15(16)19-11-14-10-18-14/h12-14H,5-11H2,1-4H3. The molecule has 0 aromatic heterocycles. The molecule has 0 saturated carbocycles. The number of carbonyl (C=O) groups excluding carboxylic acids is 1. The van der Waals surface area contributed by atoms with Crippen LogP contribution in [0.4, 0.5) is 0 Å². The van der Waals surface area contributed by atoms with Crippen molar-refractivity contribution in [2.45, 2.75) is 71.7 Å². The SMILES string of the molecule is CCC(C)OP(=O)(CCCC(=O)OCC1CO1)OC(C)CC. The molecule has 1 saturated heterocycles. The fraction of sp³-hybridized carbons (Fsp3) is 0.933. The Morgan fingerprint density at radius 2 is 1.77 bits per heavy atom. The zero-order valence-electron chi connectivity index (χ0n) is 14.1. The second kappa shape index (κ2) is 9.66. The van der Waals surface area contributed by atoms with Gasteiger partial charge in [-0.15, -0.1) is 0 Å². The number of epoxide rings is 1. The molecule has 0 bridgehead atoms. The maximum absolute atomic E-state index is 12.8. The Bertz CT molecular complexity index is 366. The van der Waals surface area contributed by atoms with Gasteiger partial charge in [0.15, 0.2) is 0 Å². The summed E-state index contributed by atoms with van der Waals surface area (Å²) < 4.78 is 34.0. The highest BCUT2D eigenvalue weighted by Crippen LogP contribution is 2.51. The molecule has 3 atom stereocenters. The molecule has 0 spiro atoms. The summed E-state index contributed by atoms with van der Waals surface area (Å²) in [6.07, 6.45) is 2.20. The molecule has 0 radical (unpaired) electrons. The van der Waals surface area contributed by atoms with E-state index < -0.39 is 7.60 Å². The summed E-state index contributed by atoms with van der Waals surface area (Å²) in [5.41, 5.74) is 0. The Morgan fingerprint density at radius 3 is 2.23 bits per heavy atom. The molecule has 1 aliphatic heterocycles. The van der Waals surface area contributed by atoms with Gasteiger partial charge in [-0.25, -0.2) is 0 Å². The summed E-state index contributed by atoms with van der Waals surface area (Å²) in [6.45, 7) is 8.65. The molecule has 3 unspecified atom stereocenters. The quantitative estimate of drug-likeness (QED) is 0.308. The molecule has 6 nitrogen and oxygen atoms in total. The Hall–Kier alpha value is -0.420. The highest BCUT2D eigenvalue weighted by atomic mass is 31.2. The van der Waals surface area contributed by atoms with E-state index in [9.17, 15) is 9.36 Å². The smallest absolute Gasteiger partial charge is 0.331 e. The van der Waals surface area contributed by atoms with Crippen molar-refractivity contribution in [3.8, 4) is 0 Å². The normalized spacial score (nSPS) is 22.6. The van der Waals surface area contributed by atoms with Crippen LogP contribution in [0.3, 0.4) is 0 Å². The number of rotatable bonds is 12. The van der Waals surface area contributed by atoms with Gasteiger partial charge in [-0.05, 0) is 33.1 Å². The van der Waals surface area contributed by atoms with E-state index >= 15 is 0 Å². The van der Waals surface area contributed by atoms with E-state index in [1.54, 1.807) is 0 Å². The van der Waals surface area contributed by atoms with Crippen LogP contribution >= 0.6 is 7.60 Å². The Balaban J connectivity index is 2.37. The molecule has 1 fully saturated rings. The molecule has 0 aromatic carbocycles. The Labute approximate surface area is 133 Å². The maximum Gasteiger partial charge on any atom is 0.331 e. The molecule has 1 aliphatic rings. The van der Waals surface area contributed by atoms with Crippen molar-refractivity contribution in [3.63, 3.8) is 0 Å². The van der Waals surface area contributed by atoms with E-state index in [-0.39, 0.29) is 36.9 Å². The van der Waals surface area contributed by atoms with Gasteiger partial charge in [-0.3, -0.25) is 9.36 Å². The van der Waals surface area contributed by atoms with Crippen LogP contribution in [0, 0.1) is 0 Å². The highest BCUT2D eigenvalue weighted by molar-refractivity contribution is 7.53. The lowest BCUT2D eigenvalue weighted by molar-refractivity contribution is -0.144. The van der Waals surface area contributed by atoms with Crippen LogP contribution in [0.15, 0.2) is 0 Å². The minimum Gasteiger partial charge on any atom is -0.463 e. The van der Waals surface area contributed by atoms with Gasteiger partial charge in [0.1, 0.15) is 12.7 Å². The third-order valence-electron chi connectivity index (χ3n) is 3.48. The average Bonchev–Trinajstić information content (AvgIpc) is 3.28. The first-order valence-electron chi connectivity index (χ1n) is 8.11. The van der Waals surface area contributed by atoms with Gasteiger partial charge in [0.2, 0.25) is 0 Å². The van der Waals surface area contributed by atoms with Crippen molar-refractivity contribution in [1.82, 2.24) is 0 Å². The topological polar surface area (TPSA) is 74.4 Å². The zero-order chi connectivity index (χ0) is 16.6. The lowest BCUT2D eigenvalue weighted by Gasteiger charge is -2.24. The van der Waals surface area contributed by atoms with Crippen LogP contribution in [-0.2, 0) is 27.9 Å². The third kappa shape index (κ3) is 8.28. The predicted octanol–water partition coefficient (Wildman–Crippen LogP) is 3.53. The van der Waals surface area contributed by atoms with Gasteiger partial charge >= 0.3 is 13.6 Å². The van der Waals surface area contributed by atoms with Gasteiger partial charge in [-0.2, -0.15) is 0 Å². The third-order valence-corrected chi connectivity index (χ3v) is 5.70. The first kappa shape index (κ1) is 19.6. The minimum absolute atomic E-state index is 0.0672. The fourth-order valence-corrected chi connectivity index (χ4v) is 3.87. The summed E-state index contributed by atoms with van der Waals surface area (Å²) in [5, 5.41) is 0. The predicted molar refractivity (Wildman–Crippen MR) is 84.1 cm³/mol. The second-order valence-electron chi connectivity index (χ2n) is 5.72. The van der Waals surface area contributed by atoms with Gasteiger partial charge < -0.3 is 18.5 Å². The van der Waals surface area contributed by atoms with Gasteiger partial charge in [0.05, 0.1) is 25.0 Å². The number of ether oxygens (including phenoxy) is 2. The molecule has 130 valence electrons. The van der Waals surface area contributed by atoms with Crippen molar-refractivity contribution in [2.75, 3.05) is 19.4 Å². The molecule has 0 aromatic rings. The summed E-state index contributed by atoms with van der Waals surface area (Å²) in [4.78, 5) is 11.6. The lowest BCUT2D eigenvalue weighted by Crippen LogP contribution is -2.15. The number of hydrogen-bond acceptors (Lipinski definition) is 6. The van der Waals surface area contributed by atoms with Gasteiger partial charge in [0.25, 0.3) is 0 Å². The van der Waals surface area contributed by atoms with Crippen LogP contribution in [0.25, 0.3) is 0 Å². The van der Waals surface area contributed by atoms with Crippen molar-refractivity contribution in [2.24, 2.45) is 0 Å². The van der Waals surface area contributed by atoms with Crippen LogP contribution < -0.4 is 0 Å². The van der Waals surface area contributed by atoms with Crippen molar-refractivity contribution in [1.29, 1.82) is 0 Å². The van der Waals surface area contributed by atoms with E-state index in [2.05, 4.69) is 0 Å². The number of hydrogen-bond donors (Lipinski definition) is 0. The minimum atomic E-state index is -3.18. The van der Waals surface area contributed by atoms with E-state index in [0.29, 0.717) is 19.6 Å². The van der Waals surface area contributed by atoms with Crippen molar-refractivity contribution >= 4 is 13.6 Å². The summed E-state index contributed by atoms with van der Waals surface area (Å²) in [5.74, 6) is -0.297. The van der Waals surface area contributed by atoms with Gasteiger partial charge in [0, 0.05) is 6.42 Å². The van der Waals surface area contributed by atoms with Gasteiger partial charge in [-0.1, -0.05) is 13.8 Å². The van der Waals surface area contributed by atoms with E-state index in [0.717, 1.165) is 12.8 Å². The molecule has 0 N–H and O–H groups in total. The molecule has 7 heteroatoms.